The lowest BCUT2D eigenvalue weighted by Gasteiger charge is -2.04. The molecular weight excluding hydrogens is 536 g/mol. The predicted molar refractivity (Wildman–Crippen MR) is 172 cm³/mol. The Labute approximate surface area is 252 Å². The zero-order valence-electron chi connectivity index (χ0n) is 24.8. The van der Waals surface area contributed by atoms with Gasteiger partial charge in [-0.15, -0.1) is 11.3 Å². The Bertz CT molecular complexity index is 1690. The highest BCUT2D eigenvalue weighted by Crippen LogP contribution is 2.35. The largest absolute Gasteiger partial charge is 0.460 e. The van der Waals surface area contributed by atoms with Gasteiger partial charge in [0.2, 0.25) is 0 Å². The average molecular weight is 575 g/mol. The third-order valence-electron chi connectivity index (χ3n) is 8.04. The maximum atomic E-state index is 9.83. The number of nitriles is 4. The first-order chi connectivity index (χ1) is 20.6. The molecule has 6 heteroatoms. The number of hydrogen-bond acceptors (Lipinski definition) is 6. The van der Waals surface area contributed by atoms with Crippen molar-refractivity contribution in [2.24, 2.45) is 0 Å². The lowest BCUT2D eigenvalue weighted by Crippen LogP contribution is -2.09. The van der Waals surface area contributed by atoms with Crippen LogP contribution in [0.15, 0.2) is 28.7 Å². The molecule has 0 fully saturated rings. The Hall–Kier alpha value is -4.10. The second-order valence-electron chi connectivity index (χ2n) is 11.1. The molecule has 0 saturated carbocycles. The van der Waals surface area contributed by atoms with Crippen LogP contribution >= 0.6 is 11.3 Å². The minimum Gasteiger partial charge on any atom is -0.460 e. The second-order valence-corrected chi connectivity index (χ2v) is 12.2. The molecule has 42 heavy (non-hydrogen) atoms. The number of nitrogens with zero attached hydrogens (tertiary/aromatic N) is 4. The molecule has 2 heterocycles. The SMILES string of the molecule is CCCCCCCCc1cc2c(=C(C#N)C#N)cc3c(cc(=C(C#N)C#N)c4cc(CCCCCCCC)sc43)c2o1. The van der Waals surface area contributed by atoms with Crippen molar-refractivity contribution in [1.29, 1.82) is 21.0 Å². The van der Waals surface area contributed by atoms with E-state index in [2.05, 4.69) is 44.2 Å². The Morgan fingerprint density at radius 2 is 1.12 bits per heavy atom. The molecular formula is C36H38N4OS. The quantitative estimate of drug-likeness (QED) is 0.140. The summed E-state index contributed by atoms with van der Waals surface area (Å²) in [7, 11) is 0. The Morgan fingerprint density at radius 3 is 1.71 bits per heavy atom. The third-order valence-corrected chi connectivity index (χ3v) is 9.27. The molecule has 2 aromatic heterocycles. The summed E-state index contributed by atoms with van der Waals surface area (Å²) in [6.45, 7) is 4.43. The Kier molecular flexibility index (Phi) is 11.2. The van der Waals surface area contributed by atoms with Crippen LogP contribution in [-0.2, 0) is 12.8 Å². The van der Waals surface area contributed by atoms with Crippen molar-refractivity contribution >= 4 is 54.3 Å². The molecule has 0 aliphatic carbocycles. The molecule has 214 valence electrons. The molecule has 0 saturated heterocycles. The summed E-state index contributed by atoms with van der Waals surface area (Å²) in [5.41, 5.74) is 0.732. The van der Waals surface area contributed by atoms with Crippen LogP contribution in [0.3, 0.4) is 0 Å². The normalized spacial score (nSPS) is 10.9. The van der Waals surface area contributed by atoms with E-state index in [1.165, 1.54) is 62.7 Å². The zero-order chi connectivity index (χ0) is 29.9. The summed E-state index contributed by atoms with van der Waals surface area (Å²) < 4.78 is 7.41. The first kappa shape index (κ1) is 30.8. The smallest absolute Gasteiger partial charge is 0.142 e. The van der Waals surface area contributed by atoms with E-state index in [1.807, 2.05) is 18.2 Å². The van der Waals surface area contributed by atoms with Crippen molar-refractivity contribution in [3.63, 3.8) is 0 Å². The van der Waals surface area contributed by atoms with Gasteiger partial charge in [-0.25, -0.2) is 0 Å². The summed E-state index contributed by atoms with van der Waals surface area (Å²) in [4.78, 5) is 1.21. The summed E-state index contributed by atoms with van der Waals surface area (Å²) in [5, 5.41) is 43.8. The third kappa shape index (κ3) is 6.85. The van der Waals surface area contributed by atoms with Crippen molar-refractivity contribution in [1.82, 2.24) is 0 Å². The van der Waals surface area contributed by atoms with Gasteiger partial charge in [-0.05, 0) is 43.5 Å². The number of benzene rings is 2. The van der Waals surface area contributed by atoms with Gasteiger partial charge < -0.3 is 4.42 Å². The van der Waals surface area contributed by atoms with Gasteiger partial charge in [0.25, 0.3) is 0 Å². The summed E-state index contributed by atoms with van der Waals surface area (Å²) in [5.74, 6) is 0.825. The maximum Gasteiger partial charge on any atom is 0.142 e. The van der Waals surface area contributed by atoms with Gasteiger partial charge in [0, 0.05) is 48.0 Å². The molecule has 0 bridgehead atoms. The average Bonchev–Trinajstić information content (AvgIpc) is 3.63. The molecule has 5 nitrogen and oxygen atoms in total. The molecule has 0 amide bonds. The number of fused-ring (bicyclic) bond motifs is 5. The standard InChI is InChI=1S/C36H38N4OS/c1-3-5-7-9-11-13-15-27-17-31-29(25(21-37)22-38)20-34-32(35(31)41-27)19-30(26(23-39)24-40)33-18-28(42-36(33)34)16-14-12-10-8-6-4-2/h17-20H,3-16H2,1-2H3. The van der Waals surface area contributed by atoms with E-state index in [9.17, 15) is 21.0 Å². The van der Waals surface area contributed by atoms with Gasteiger partial charge in [0.1, 0.15) is 46.8 Å². The molecule has 0 aliphatic heterocycles. The van der Waals surface area contributed by atoms with E-state index in [0.717, 1.165) is 64.1 Å². The van der Waals surface area contributed by atoms with Gasteiger partial charge in [-0.1, -0.05) is 78.1 Å². The number of thiophene rings is 1. The fourth-order valence-electron chi connectivity index (χ4n) is 5.77. The maximum absolute atomic E-state index is 9.83. The van der Waals surface area contributed by atoms with Gasteiger partial charge >= 0.3 is 0 Å². The number of hydrogen-bond donors (Lipinski definition) is 0. The highest BCUT2D eigenvalue weighted by Gasteiger charge is 2.17. The van der Waals surface area contributed by atoms with E-state index in [0.29, 0.717) is 16.0 Å². The van der Waals surface area contributed by atoms with Crippen molar-refractivity contribution < 1.29 is 4.42 Å². The topological polar surface area (TPSA) is 108 Å². The molecule has 0 unspecified atom stereocenters. The van der Waals surface area contributed by atoms with E-state index >= 15 is 0 Å². The van der Waals surface area contributed by atoms with Crippen LogP contribution in [0.25, 0.3) is 43.0 Å². The Morgan fingerprint density at radius 1 is 0.595 bits per heavy atom. The molecule has 0 spiro atoms. The monoisotopic (exact) mass is 574 g/mol. The van der Waals surface area contributed by atoms with E-state index in [1.54, 1.807) is 11.3 Å². The highest BCUT2D eigenvalue weighted by atomic mass is 32.1. The van der Waals surface area contributed by atoms with Crippen LogP contribution in [0.4, 0.5) is 0 Å². The Balaban J connectivity index is 1.88. The second kappa shape index (κ2) is 15.2. The summed E-state index contributed by atoms with van der Waals surface area (Å²) in [6, 6.07) is 16.3. The zero-order valence-corrected chi connectivity index (χ0v) is 25.6. The highest BCUT2D eigenvalue weighted by molar-refractivity contribution is 7.20. The van der Waals surface area contributed by atoms with Crippen LogP contribution in [0, 0.1) is 45.3 Å². The van der Waals surface area contributed by atoms with Gasteiger partial charge in [-0.2, -0.15) is 21.0 Å². The van der Waals surface area contributed by atoms with E-state index in [4.69, 9.17) is 4.42 Å². The fourth-order valence-corrected chi connectivity index (χ4v) is 7.01. The van der Waals surface area contributed by atoms with Crippen molar-refractivity contribution in [2.75, 3.05) is 0 Å². The number of furan rings is 1. The van der Waals surface area contributed by atoms with E-state index < -0.39 is 0 Å². The molecule has 0 atom stereocenters. The van der Waals surface area contributed by atoms with Gasteiger partial charge in [0.15, 0.2) is 0 Å². The summed E-state index contributed by atoms with van der Waals surface area (Å²) >= 11 is 1.67. The number of rotatable bonds is 14. The predicted octanol–water partition coefficient (Wildman–Crippen LogP) is 9.00. The molecule has 0 aliphatic rings. The lowest BCUT2D eigenvalue weighted by atomic mass is 9.99. The number of aryl methyl sites for hydroxylation is 2. The van der Waals surface area contributed by atoms with Crippen LogP contribution in [0.2, 0.25) is 0 Å². The molecule has 4 rings (SSSR count). The molecule has 4 aromatic rings. The lowest BCUT2D eigenvalue weighted by molar-refractivity contribution is 0.523. The first-order valence-corrected chi connectivity index (χ1v) is 16.2. The molecule has 0 radical (unpaired) electrons. The van der Waals surface area contributed by atoms with Crippen molar-refractivity contribution in [3.05, 3.63) is 45.3 Å². The van der Waals surface area contributed by atoms with Crippen molar-refractivity contribution in [2.45, 2.75) is 104 Å². The van der Waals surface area contributed by atoms with Crippen LogP contribution in [0.5, 0.6) is 0 Å². The summed E-state index contributed by atoms with van der Waals surface area (Å²) in [6.07, 6.45) is 16.0. The molecule has 2 aromatic carbocycles. The van der Waals surface area contributed by atoms with E-state index in [-0.39, 0.29) is 11.1 Å². The number of unbranched alkanes of at least 4 members (excludes halogenated alkanes) is 10. The van der Waals surface area contributed by atoms with Gasteiger partial charge in [0.05, 0.1) is 0 Å². The fraction of sp³-hybridized carbons (Fsp3) is 0.444. The molecule has 0 N–H and O–H groups in total. The first-order valence-electron chi connectivity index (χ1n) is 15.4. The van der Waals surface area contributed by atoms with Crippen LogP contribution in [0.1, 0.15) is 102 Å². The minimum atomic E-state index is 0.0520. The van der Waals surface area contributed by atoms with Crippen LogP contribution in [-0.4, -0.2) is 0 Å². The van der Waals surface area contributed by atoms with Gasteiger partial charge in [-0.3, -0.25) is 0 Å². The van der Waals surface area contributed by atoms with Crippen LogP contribution < -0.4 is 10.4 Å². The van der Waals surface area contributed by atoms with Crippen molar-refractivity contribution in [3.8, 4) is 24.3 Å². The minimum absolute atomic E-state index is 0.0520.